The zero-order valence-corrected chi connectivity index (χ0v) is 16.5. The van der Waals surface area contributed by atoms with Gasteiger partial charge in [0.1, 0.15) is 11.6 Å². The number of anilines is 1. The zero-order chi connectivity index (χ0) is 19.8. The molecule has 5 rings (SSSR count). The molecule has 1 aliphatic heterocycles. The summed E-state index contributed by atoms with van der Waals surface area (Å²) in [5.74, 6) is 1.37. The van der Waals surface area contributed by atoms with Crippen LogP contribution in [0.2, 0.25) is 0 Å². The molecule has 0 spiro atoms. The Morgan fingerprint density at radius 3 is 2.93 bits per heavy atom. The van der Waals surface area contributed by atoms with Gasteiger partial charge in [-0.05, 0) is 48.6 Å². The molecule has 4 aromatic rings. The number of nitrogens with zero attached hydrogens (tertiary/aromatic N) is 3. The fraction of sp³-hybridized carbons (Fsp3) is 0.227. The summed E-state index contributed by atoms with van der Waals surface area (Å²) in [5, 5.41) is 12.6. The standard InChI is InChI=1S/C22H19FN4OS/c23-16-9-8-14-12-19(29-18(14)13-16)22(28)24-17-6-4-5-15(11-17)21-26-25-20-7-2-1-3-10-27(20)21/h4-6,8-9,11-13H,1-3,7,10H2,(H,24,28). The highest BCUT2D eigenvalue weighted by Gasteiger charge is 2.17. The number of fused-ring (bicyclic) bond motifs is 2. The molecule has 146 valence electrons. The van der Waals surface area contributed by atoms with Gasteiger partial charge in [-0.2, -0.15) is 0 Å². The number of hydrogen-bond acceptors (Lipinski definition) is 4. The van der Waals surface area contributed by atoms with Crippen molar-refractivity contribution in [2.45, 2.75) is 32.2 Å². The SMILES string of the molecule is O=C(Nc1cccc(-c2nnc3n2CCCCC3)c1)c1cc2ccc(F)cc2s1. The Morgan fingerprint density at radius 2 is 2.00 bits per heavy atom. The second-order valence-corrected chi connectivity index (χ2v) is 8.31. The zero-order valence-electron chi connectivity index (χ0n) is 15.7. The molecule has 7 heteroatoms. The highest BCUT2D eigenvalue weighted by atomic mass is 32.1. The number of carbonyl (C=O) groups is 1. The fourth-order valence-corrected chi connectivity index (χ4v) is 4.73. The van der Waals surface area contributed by atoms with E-state index in [0.717, 1.165) is 53.1 Å². The maximum atomic E-state index is 13.4. The van der Waals surface area contributed by atoms with Crippen LogP contribution < -0.4 is 5.32 Å². The van der Waals surface area contributed by atoms with Crippen LogP contribution in [0.25, 0.3) is 21.5 Å². The third-order valence-corrected chi connectivity index (χ3v) is 6.29. The molecule has 0 radical (unpaired) electrons. The molecule has 5 nitrogen and oxygen atoms in total. The number of aromatic nitrogens is 3. The molecule has 2 aromatic heterocycles. The van der Waals surface area contributed by atoms with E-state index in [1.54, 1.807) is 12.1 Å². The number of halogens is 1. The molecule has 0 saturated carbocycles. The van der Waals surface area contributed by atoms with Gasteiger partial charge in [0.25, 0.3) is 5.91 Å². The Hall–Kier alpha value is -3.06. The predicted molar refractivity (Wildman–Crippen MR) is 113 cm³/mol. The van der Waals surface area contributed by atoms with Crippen LogP contribution in [0.4, 0.5) is 10.1 Å². The van der Waals surface area contributed by atoms with E-state index < -0.39 is 0 Å². The summed E-state index contributed by atoms with van der Waals surface area (Å²) < 4.78 is 16.4. The summed E-state index contributed by atoms with van der Waals surface area (Å²) >= 11 is 1.28. The monoisotopic (exact) mass is 406 g/mol. The minimum absolute atomic E-state index is 0.205. The highest BCUT2D eigenvalue weighted by molar-refractivity contribution is 7.20. The third kappa shape index (κ3) is 3.53. The van der Waals surface area contributed by atoms with Crippen LogP contribution in [0.3, 0.4) is 0 Å². The quantitative estimate of drug-likeness (QED) is 0.504. The van der Waals surface area contributed by atoms with Crippen molar-refractivity contribution in [2.75, 3.05) is 5.32 Å². The number of hydrogen-bond donors (Lipinski definition) is 1. The number of carbonyl (C=O) groups excluding carboxylic acids is 1. The Morgan fingerprint density at radius 1 is 1.07 bits per heavy atom. The summed E-state index contributed by atoms with van der Waals surface area (Å²) in [6.45, 7) is 0.923. The van der Waals surface area contributed by atoms with E-state index >= 15 is 0 Å². The van der Waals surface area contributed by atoms with E-state index in [0.29, 0.717) is 10.6 Å². The van der Waals surface area contributed by atoms with Crippen molar-refractivity contribution < 1.29 is 9.18 Å². The lowest BCUT2D eigenvalue weighted by Crippen LogP contribution is -2.10. The van der Waals surface area contributed by atoms with Crippen molar-refractivity contribution in [1.29, 1.82) is 0 Å². The van der Waals surface area contributed by atoms with Gasteiger partial charge in [-0.3, -0.25) is 4.79 Å². The van der Waals surface area contributed by atoms with Crippen LogP contribution in [0, 0.1) is 5.82 Å². The normalized spacial score (nSPS) is 13.8. The van der Waals surface area contributed by atoms with Crippen molar-refractivity contribution in [3.05, 3.63) is 65.0 Å². The molecule has 0 atom stereocenters. The van der Waals surface area contributed by atoms with Crippen molar-refractivity contribution in [2.24, 2.45) is 0 Å². The fourth-order valence-electron chi connectivity index (χ4n) is 3.74. The first-order chi connectivity index (χ1) is 14.2. The minimum atomic E-state index is -0.300. The first kappa shape index (κ1) is 18.0. The van der Waals surface area contributed by atoms with Crippen molar-refractivity contribution in [3.8, 4) is 11.4 Å². The third-order valence-electron chi connectivity index (χ3n) is 5.19. The number of amides is 1. The summed E-state index contributed by atoms with van der Waals surface area (Å²) in [4.78, 5) is 13.3. The number of benzene rings is 2. The molecule has 1 amide bonds. The Bertz CT molecular complexity index is 1210. The molecule has 3 heterocycles. The largest absolute Gasteiger partial charge is 0.321 e. The average Bonchev–Trinajstić information content (AvgIpc) is 3.25. The van der Waals surface area contributed by atoms with Crippen molar-refractivity contribution >= 4 is 33.0 Å². The van der Waals surface area contributed by atoms with Gasteiger partial charge in [0, 0.05) is 28.9 Å². The van der Waals surface area contributed by atoms with Crippen LogP contribution in [-0.4, -0.2) is 20.7 Å². The van der Waals surface area contributed by atoms with Gasteiger partial charge in [0.15, 0.2) is 5.82 Å². The van der Waals surface area contributed by atoms with Crippen LogP contribution in [-0.2, 0) is 13.0 Å². The van der Waals surface area contributed by atoms with Crippen LogP contribution >= 0.6 is 11.3 Å². The lowest BCUT2D eigenvalue weighted by atomic mass is 10.2. The molecular weight excluding hydrogens is 387 g/mol. The highest BCUT2D eigenvalue weighted by Crippen LogP contribution is 2.28. The summed E-state index contributed by atoms with van der Waals surface area (Å²) in [7, 11) is 0. The predicted octanol–water partition coefficient (Wildman–Crippen LogP) is 5.28. The van der Waals surface area contributed by atoms with E-state index in [2.05, 4.69) is 20.1 Å². The first-order valence-corrected chi connectivity index (χ1v) is 10.5. The molecule has 0 unspecified atom stereocenters. The van der Waals surface area contributed by atoms with E-state index in [1.807, 2.05) is 24.3 Å². The lowest BCUT2D eigenvalue weighted by Gasteiger charge is -2.09. The Labute approximate surface area is 171 Å². The Balaban J connectivity index is 1.41. The number of nitrogens with one attached hydrogen (secondary N) is 1. The Kier molecular flexibility index (Phi) is 4.60. The first-order valence-electron chi connectivity index (χ1n) is 9.70. The van der Waals surface area contributed by atoms with Gasteiger partial charge >= 0.3 is 0 Å². The maximum absolute atomic E-state index is 13.4. The molecule has 1 N–H and O–H groups in total. The van der Waals surface area contributed by atoms with Crippen LogP contribution in [0.15, 0.2) is 48.5 Å². The van der Waals surface area contributed by atoms with E-state index in [9.17, 15) is 9.18 Å². The molecule has 0 fully saturated rings. The number of thiophene rings is 1. The molecular formula is C22H19FN4OS. The average molecular weight is 406 g/mol. The second-order valence-electron chi connectivity index (χ2n) is 7.23. The molecule has 29 heavy (non-hydrogen) atoms. The van der Waals surface area contributed by atoms with Gasteiger partial charge in [0.2, 0.25) is 0 Å². The van der Waals surface area contributed by atoms with Crippen LogP contribution in [0.5, 0.6) is 0 Å². The van der Waals surface area contributed by atoms with Gasteiger partial charge in [-0.25, -0.2) is 4.39 Å². The van der Waals surface area contributed by atoms with Crippen molar-refractivity contribution in [3.63, 3.8) is 0 Å². The number of rotatable bonds is 3. The molecule has 0 bridgehead atoms. The van der Waals surface area contributed by atoms with E-state index in [-0.39, 0.29) is 11.7 Å². The molecule has 2 aromatic carbocycles. The topological polar surface area (TPSA) is 59.8 Å². The smallest absolute Gasteiger partial charge is 0.265 e. The minimum Gasteiger partial charge on any atom is -0.321 e. The number of aryl methyl sites for hydroxylation is 1. The lowest BCUT2D eigenvalue weighted by molar-refractivity contribution is 0.103. The van der Waals surface area contributed by atoms with Gasteiger partial charge in [-0.15, -0.1) is 21.5 Å². The van der Waals surface area contributed by atoms with Gasteiger partial charge in [-0.1, -0.05) is 24.6 Å². The summed E-state index contributed by atoms with van der Waals surface area (Å²) in [5.41, 5.74) is 1.63. The molecule has 0 aliphatic carbocycles. The van der Waals surface area contributed by atoms with Crippen LogP contribution in [0.1, 0.15) is 34.8 Å². The van der Waals surface area contributed by atoms with E-state index in [1.165, 1.54) is 29.9 Å². The molecule has 0 saturated heterocycles. The summed E-state index contributed by atoms with van der Waals surface area (Å²) in [6.07, 6.45) is 4.43. The van der Waals surface area contributed by atoms with Crippen molar-refractivity contribution in [1.82, 2.24) is 14.8 Å². The summed E-state index contributed by atoms with van der Waals surface area (Å²) in [6, 6.07) is 14.0. The van der Waals surface area contributed by atoms with Gasteiger partial charge in [0.05, 0.1) is 4.88 Å². The molecule has 1 aliphatic rings. The maximum Gasteiger partial charge on any atom is 0.265 e. The van der Waals surface area contributed by atoms with Gasteiger partial charge < -0.3 is 9.88 Å². The second kappa shape index (κ2) is 7.40. The van der Waals surface area contributed by atoms with E-state index in [4.69, 9.17) is 0 Å².